The van der Waals surface area contributed by atoms with E-state index in [1.807, 2.05) is 24.3 Å². The maximum atomic E-state index is 13.8. The van der Waals surface area contributed by atoms with Crippen LogP contribution in [0.3, 0.4) is 0 Å². The lowest BCUT2D eigenvalue weighted by Crippen LogP contribution is -2.53. The molecule has 5 heteroatoms. The van der Waals surface area contributed by atoms with Gasteiger partial charge in [0.2, 0.25) is 5.60 Å². The predicted molar refractivity (Wildman–Crippen MR) is 147 cm³/mol. The topological polar surface area (TPSA) is 55.8 Å². The van der Waals surface area contributed by atoms with E-state index in [0.717, 1.165) is 30.3 Å². The van der Waals surface area contributed by atoms with Crippen molar-refractivity contribution in [3.63, 3.8) is 0 Å². The highest BCUT2D eigenvalue weighted by Crippen LogP contribution is 2.52. The zero-order chi connectivity index (χ0) is 26.3. The number of hydrogen-bond donors (Lipinski definition) is 1. The summed E-state index contributed by atoms with van der Waals surface area (Å²) in [6, 6.07) is 25.6. The molecule has 0 amide bonds. The summed E-state index contributed by atoms with van der Waals surface area (Å²) in [6.07, 6.45) is 6.45. The number of hydrogen-bond acceptors (Lipinski definition) is 4. The first-order valence-electron chi connectivity index (χ1n) is 14.0. The zero-order valence-corrected chi connectivity index (χ0v) is 22.4. The first kappa shape index (κ1) is 25.1. The number of unbranched alkanes of at least 4 members (excludes halogenated alkanes) is 1. The van der Waals surface area contributed by atoms with Gasteiger partial charge < -0.3 is 19.1 Å². The minimum absolute atomic E-state index is 0.167. The van der Waals surface area contributed by atoms with Crippen LogP contribution in [-0.2, 0) is 21.6 Å². The maximum Gasteiger partial charge on any atom is 0.348 e. The van der Waals surface area contributed by atoms with Gasteiger partial charge in [-0.15, -0.1) is 0 Å². The zero-order valence-electron chi connectivity index (χ0n) is 22.4. The van der Waals surface area contributed by atoms with Crippen LogP contribution in [0.2, 0.25) is 0 Å². The first-order chi connectivity index (χ1) is 18.4. The molecule has 4 atom stereocenters. The minimum atomic E-state index is -1.88. The SMILES string of the molecule is C[N+](C)(CCCCc1ccccc1)C1C2CC[C@@H]1[C@H](OC(=O)C1(O)c3ccccc3Oc3ccccc31)C2. The van der Waals surface area contributed by atoms with Crippen molar-refractivity contribution in [1.82, 2.24) is 0 Å². The number of carbonyl (C=O) groups is 1. The molecule has 2 bridgehead atoms. The van der Waals surface area contributed by atoms with Gasteiger partial charge in [-0.1, -0.05) is 66.7 Å². The van der Waals surface area contributed by atoms with Crippen LogP contribution in [0, 0.1) is 11.8 Å². The summed E-state index contributed by atoms with van der Waals surface area (Å²) in [5.74, 6) is 1.26. The highest BCUT2D eigenvalue weighted by atomic mass is 16.6. The van der Waals surface area contributed by atoms with E-state index in [-0.39, 0.29) is 6.10 Å². The van der Waals surface area contributed by atoms with Crippen LogP contribution in [0.4, 0.5) is 0 Å². The number of aryl methyl sites for hydroxylation is 1. The Morgan fingerprint density at radius 1 is 0.921 bits per heavy atom. The third kappa shape index (κ3) is 4.32. The number of benzene rings is 3. The molecule has 2 aliphatic carbocycles. The molecule has 2 unspecified atom stereocenters. The molecule has 0 spiro atoms. The number of nitrogens with zero attached hydrogens (tertiary/aromatic N) is 1. The Bertz CT molecular complexity index is 1260. The summed E-state index contributed by atoms with van der Waals surface area (Å²) in [5.41, 5.74) is 0.403. The molecule has 3 aliphatic rings. The average molecular weight is 513 g/mol. The normalized spacial score (nSPS) is 24.8. The van der Waals surface area contributed by atoms with Crippen molar-refractivity contribution in [2.75, 3.05) is 20.6 Å². The van der Waals surface area contributed by atoms with Gasteiger partial charge in [-0.25, -0.2) is 4.79 Å². The van der Waals surface area contributed by atoms with Crippen molar-refractivity contribution < 1.29 is 23.9 Å². The second kappa shape index (κ2) is 9.87. The van der Waals surface area contributed by atoms with Crippen molar-refractivity contribution in [2.45, 2.75) is 56.3 Å². The summed E-state index contributed by atoms with van der Waals surface area (Å²) >= 11 is 0. The number of ether oxygens (including phenoxy) is 2. The van der Waals surface area contributed by atoms with Crippen LogP contribution in [0.25, 0.3) is 0 Å². The van der Waals surface area contributed by atoms with Crippen molar-refractivity contribution in [3.8, 4) is 11.5 Å². The van der Waals surface area contributed by atoms with Crippen LogP contribution in [0.5, 0.6) is 11.5 Å². The molecule has 2 fully saturated rings. The molecule has 5 nitrogen and oxygen atoms in total. The molecule has 1 N–H and O–H groups in total. The number of rotatable bonds is 8. The van der Waals surface area contributed by atoms with Crippen molar-refractivity contribution in [2.24, 2.45) is 11.8 Å². The van der Waals surface area contributed by atoms with Gasteiger partial charge in [-0.2, -0.15) is 0 Å². The number of carbonyl (C=O) groups excluding carboxylic acids is 1. The molecule has 6 rings (SSSR count). The van der Waals surface area contributed by atoms with Crippen LogP contribution >= 0.6 is 0 Å². The minimum Gasteiger partial charge on any atom is -0.459 e. The van der Waals surface area contributed by atoms with Crippen molar-refractivity contribution >= 4 is 5.97 Å². The number of aliphatic hydroxyl groups is 1. The Morgan fingerprint density at radius 3 is 2.24 bits per heavy atom. The van der Waals surface area contributed by atoms with Crippen LogP contribution in [-0.4, -0.2) is 48.3 Å². The average Bonchev–Trinajstić information content (AvgIpc) is 3.51. The fourth-order valence-electron chi connectivity index (χ4n) is 7.52. The molecule has 38 heavy (non-hydrogen) atoms. The monoisotopic (exact) mass is 512 g/mol. The lowest BCUT2D eigenvalue weighted by Gasteiger charge is -2.39. The largest absolute Gasteiger partial charge is 0.459 e. The summed E-state index contributed by atoms with van der Waals surface area (Å²) in [6.45, 7) is 1.12. The Morgan fingerprint density at radius 2 is 1.55 bits per heavy atom. The molecule has 3 aromatic rings. The number of fused-ring (bicyclic) bond motifs is 4. The summed E-state index contributed by atoms with van der Waals surface area (Å²) in [5, 5.41) is 12.0. The molecule has 0 saturated heterocycles. The van der Waals surface area contributed by atoms with E-state index in [1.165, 1.54) is 24.8 Å². The molecular weight excluding hydrogens is 474 g/mol. The van der Waals surface area contributed by atoms with E-state index in [2.05, 4.69) is 44.4 Å². The second-order valence-corrected chi connectivity index (χ2v) is 11.9. The Hall–Kier alpha value is -3.15. The van der Waals surface area contributed by atoms with Crippen LogP contribution in [0.15, 0.2) is 78.9 Å². The molecule has 0 aromatic heterocycles. The molecular formula is C33H38NO4+. The van der Waals surface area contributed by atoms with E-state index >= 15 is 0 Å². The Labute approximate surface area is 225 Å². The van der Waals surface area contributed by atoms with Gasteiger partial charge >= 0.3 is 5.97 Å². The summed E-state index contributed by atoms with van der Waals surface area (Å²) in [7, 11) is 4.70. The number of quaternary nitrogens is 1. The van der Waals surface area contributed by atoms with Gasteiger partial charge in [0.1, 0.15) is 17.6 Å². The maximum absolute atomic E-state index is 13.8. The Kier molecular flexibility index (Phi) is 6.53. The number of esters is 1. The van der Waals surface area contributed by atoms with Gasteiger partial charge in [-0.3, -0.25) is 0 Å². The van der Waals surface area contributed by atoms with Crippen LogP contribution < -0.4 is 4.74 Å². The van der Waals surface area contributed by atoms with E-state index in [9.17, 15) is 9.90 Å². The molecule has 1 heterocycles. The second-order valence-electron chi connectivity index (χ2n) is 11.9. The van der Waals surface area contributed by atoms with Crippen LogP contribution in [0.1, 0.15) is 48.8 Å². The van der Waals surface area contributed by atoms with Gasteiger partial charge in [0, 0.05) is 23.0 Å². The highest BCUT2D eigenvalue weighted by molar-refractivity contribution is 5.88. The highest BCUT2D eigenvalue weighted by Gasteiger charge is 2.58. The molecule has 3 aromatic carbocycles. The lowest BCUT2D eigenvalue weighted by atomic mass is 9.83. The summed E-state index contributed by atoms with van der Waals surface area (Å²) < 4.78 is 13.2. The van der Waals surface area contributed by atoms with E-state index in [0.29, 0.717) is 40.5 Å². The summed E-state index contributed by atoms with van der Waals surface area (Å²) in [4.78, 5) is 13.8. The number of para-hydroxylation sites is 2. The molecule has 198 valence electrons. The van der Waals surface area contributed by atoms with Gasteiger partial charge in [0.15, 0.2) is 0 Å². The first-order valence-corrected chi connectivity index (χ1v) is 14.0. The van der Waals surface area contributed by atoms with Gasteiger partial charge in [0.05, 0.1) is 26.7 Å². The molecule has 2 saturated carbocycles. The Balaban J connectivity index is 1.16. The fourth-order valence-corrected chi connectivity index (χ4v) is 7.52. The lowest BCUT2D eigenvalue weighted by molar-refractivity contribution is -0.919. The molecule has 0 radical (unpaired) electrons. The van der Waals surface area contributed by atoms with Crippen molar-refractivity contribution in [3.05, 3.63) is 95.6 Å². The fraction of sp³-hybridized carbons (Fsp3) is 0.424. The van der Waals surface area contributed by atoms with E-state index in [4.69, 9.17) is 9.47 Å². The quantitative estimate of drug-likeness (QED) is 0.234. The predicted octanol–water partition coefficient (Wildman–Crippen LogP) is 5.84. The van der Waals surface area contributed by atoms with Gasteiger partial charge in [-0.05, 0) is 56.2 Å². The van der Waals surface area contributed by atoms with E-state index in [1.54, 1.807) is 24.3 Å². The third-order valence-electron chi connectivity index (χ3n) is 9.23. The standard InChI is InChI=1S/C33H38NO4/c1-34(2,21-11-10-14-23-12-4-3-5-13-23)31-24-19-20-25(31)30(22-24)38-32(35)33(36)26-15-6-8-17-28(26)37-29-18-9-7-16-27(29)33/h3-9,12-13,15-18,24-25,30-31,36H,10-11,14,19-22H2,1-2H3/q+1/t24?,25-,30-,31?/m1/s1. The van der Waals surface area contributed by atoms with Gasteiger partial charge in [0.25, 0.3) is 0 Å². The van der Waals surface area contributed by atoms with Crippen molar-refractivity contribution in [1.29, 1.82) is 0 Å². The van der Waals surface area contributed by atoms with E-state index < -0.39 is 11.6 Å². The molecule has 1 aliphatic heterocycles. The third-order valence-corrected chi connectivity index (χ3v) is 9.23. The smallest absolute Gasteiger partial charge is 0.348 e.